The zero-order chi connectivity index (χ0) is 9.84. The van der Waals surface area contributed by atoms with Crippen molar-refractivity contribution < 1.29 is 14.3 Å². The maximum absolute atomic E-state index is 11.0. The van der Waals surface area contributed by atoms with Gasteiger partial charge in [0.05, 0.1) is 6.61 Å². The highest BCUT2D eigenvalue weighted by molar-refractivity contribution is 5.99. The van der Waals surface area contributed by atoms with E-state index in [0.717, 1.165) is 0 Å². The van der Waals surface area contributed by atoms with E-state index in [1.54, 1.807) is 19.9 Å². The summed E-state index contributed by atoms with van der Waals surface area (Å²) in [6.45, 7) is 3.74. The third-order valence-electron chi connectivity index (χ3n) is 1.55. The summed E-state index contributed by atoms with van der Waals surface area (Å²) in [7, 11) is 0. The molecule has 0 unspecified atom stereocenters. The lowest BCUT2D eigenvalue weighted by molar-refractivity contribution is -0.137. The van der Waals surface area contributed by atoms with Crippen molar-refractivity contribution in [3.63, 3.8) is 0 Å². The van der Waals surface area contributed by atoms with Crippen molar-refractivity contribution in [3.8, 4) is 0 Å². The number of esters is 1. The van der Waals surface area contributed by atoms with Crippen molar-refractivity contribution in [3.05, 3.63) is 23.4 Å². The molecule has 0 fully saturated rings. The van der Waals surface area contributed by atoms with E-state index in [9.17, 15) is 9.59 Å². The van der Waals surface area contributed by atoms with E-state index in [1.165, 1.54) is 6.08 Å². The lowest BCUT2D eigenvalue weighted by atomic mass is 10.3. The topological polar surface area (TPSA) is 55.4 Å². The number of carbonyl (C=O) groups is 2. The molecule has 1 rings (SSSR count). The molecule has 0 saturated heterocycles. The number of nitrogens with one attached hydrogen (secondary N) is 1. The lowest BCUT2D eigenvalue weighted by Gasteiger charge is -1.97. The molecule has 1 N–H and O–H groups in total. The predicted octanol–water partition coefficient (Wildman–Crippen LogP) is 0.510. The van der Waals surface area contributed by atoms with E-state index in [2.05, 4.69) is 10.1 Å². The van der Waals surface area contributed by atoms with Crippen molar-refractivity contribution in [2.24, 2.45) is 0 Å². The summed E-state index contributed by atoms with van der Waals surface area (Å²) in [6, 6.07) is 0. The molecule has 0 atom stereocenters. The SMILES string of the molecule is CCOC(=O)/C=C1\C=C(C)C(=O)N1. The van der Waals surface area contributed by atoms with Gasteiger partial charge in [-0.3, -0.25) is 4.79 Å². The molecule has 0 spiro atoms. The molecule has 1 aliphatic rings. The van der Waals surface area contributed by atoms with E-state index >= 15 is 0 Å². The van der Waals surface area contributed by atoms with Crippen LogP contribution in [0.3, 0.4) is 0 Å². The molecule has 0 aromatic carbocycles. The Morgan fingerprint density at radius 2 is 2.38 bits per heavy atom. The first-order chi connectivity index (χ1) is 6.13. The summed E-state index contributed by atoms with van der Waals surface area (Å²) in [5.41, 5.74) is 1.08. The molecular weight excluding hydrogens is 170 g/mol. The van der Waals surface area contributed by atoms with Crippen LogP contribution in [-0.2, 0) is 14.3 Å². The highest BCUT2D eigenvalue weighted by atomic mass is 16.5. The van der Waals surface area contributed by atoms with Gasteiger partial charge in [0.1, 0.15) is 0 Å². The van der Waals surface area contributed by atoms with Gasteiger partial charge in [-0.2, -0.15) is 0 Å². The van der Waals surface area contributed by atoms with Gasteiger partial charge >= 0.3 is 5.97 Å². The van der Waals surface area contributed by atoms with Gasteiger partial charge in [-0.15, -0.1) is 0 Å². The maximum Gasteiger partial charge on any atom is 0.332 e. The van der Waals surface area contributed by atoms with Crippen molar-refractivity contribution in [1.82, 2.24) is 5.32 Å². The van der Waals surface area contributed by atoms with Crippen LogP contribution in [0.4, 0.5) is 0 Å². The molecule has 0 radical (unpaired) electrons. The molecule has 4 heteroatoms. The van der Waals surface area contributed by atoms with Crippen molar-refractivity contribution in [2.75, 3.05) is 6.61 Å². The van der Waals surface area contributed by atoms with Gasteiger partial charge in [-0.1, -0.05) is 0 Å². The minimum Gasteiger partial charge on any atom is -0.463 e. The van der Waals surface area contributed by atoms with Crippen molar-refractivity contribution >= 4 is 11.9 Å². The van der Waals surface area contributed by atoms with E-state index < -0.39 is 5.97 Å². The first kappa shape index (κ1) is 9.51. The van der Waals surface area contributed by atoms with E-state index in [-0.39, 0.29) is 5.91 Å². The Morgan fingerprint density at radius 3 is 2.85 bits per heavy atom. The standard InChI is InChI=1S/C9H11NO3/c1-3-13-8(11)5-7-4-6(2)9(12)10-7/h4-5H,3H2,1-2H3,(H,10,12)/b7-5+. The van der Waals surface area contributed by atoms with E-state index in [4.69, 9.17) is 0 Å². The zero-order valence-electron chi connectivity index (χ0n) is 7.59. The first-order valence-electron chi connectivity index (χ1n) is 4.01. The second-order valence-corrected chi connectivity index (χ2v) is 2.63. The van der Waals surface area contributed by atoms with Crippen LogP contribution in [0.2, 0.25) is 0 Å². The monoisotopic (exact) mass is 181 g/mol. The molecule has 4 nitrogen and oxygen atoms in total. The Hall–Kier alpha value is -1.58. The molecule has 70 valence electrons. The van der Waals surface area contributed by atoms with Crippen molar-refractivity contribution in [2.45, 2.75) is 13.8 Å². The Labute approximate surface area is 76.3 Å². The Bertz CT molecular complexity index is 302. The number of hydrogen-bond donors (Lipinski definition) is 1. The van der Waals surface area contributed by atoms with Crippen LogP contribution in [0.1, 0.15) is 13.8 Å². The van der Waals surface area contributed by atoms with Crippen LogP contribution in [0.25, 0.3) is 0 Å². The summed E-state index contributed by atoms with van der Waals surface area (Å²) >= 11 is 0. The number of hydrogen-bond acceptors (Lipinski definition) is 3. The summed E-state index contributed by atoms with van der Waals surface area (Å²) in [4.78, 5) is 21.9. The maximum atomic E-state index is 11.0. The van der Waals surface area contributed by atoms with Gasteiger partial charge in [-0.25, -0.2) is 4.79 Å². The highest BCUT2D eigenvalue weighted by Gasteiger charge is 2.14. The quantitative estimate of drug-likeness (QED) is 0.498. The average Bonchev–Trinajstić information content (AvgIpc) is 2.31. The fraction of sp³-hybridized carbons (Fsp3) is 0.333. The fourth-order valence-electron chi connectivity index (χ4n) is 0.953. The summed E-state index contributed by atoms with van der Waals surface area (Å²) in [6.07, 6.45) is 2.87. The minimum atomic E-state index is -0.441. The van der Waals surface area contributed by atoms with Gasteiger partial charge < -0.3 is 10.1 Å². The van der Waals surface area contributed by atoms with Crippen LogP contribution in [0.15, 0.2) is 23.4 Å². The Balaban J connectivity index is 2.65. The molecular formula is C9H11NO3. The third kappa shape index (κ3) is 2.43. The van der Waals surface area contributed by atoms with Crippen LogP contribution in [-0.4, -0.2) is 18.5 Å². The van der Waals surface area contributed by atoms with Crippen LogP contribution in [0, 0.1) is 0 Å². The van der Waals surface area contributed by atoms with E-state index in [0.29, 0.717) is 17.9 Å². The average molecular weight is 181 g/mol. The summed E-state index contributed by atoms with van der Waals surface area (Å²) in [5, 5.41) is 2.52. The lowest BCUT2D eigenvalue weighted by Crippen LogP contribution is -2.16. The van der Waals surface area contributed by atoms with Gasteiger partial charge in [0.15, 0.2) is 0 Å². The molecule has 1 amide bonds. The Kier molecular flexibility index (Phi) is 2.84. The van der Waals surface area contributed by atoms with Crippen LogP contribution >= 0.6 is 0 Å². The smallest absolute Gasteiger partial charge is 0.332 e. The molecule has 0 aliphatic carbocycles. The normalized spacial score (nSPS) is 18.5. The molecule has 1 aliphatic heterocycles. The highest BCUT2D eigenvalue weighted by Crippen LogP contribution is 2.08. The molecule has 13 heavy (non-hydrogen) atoms. The summed E-state index contributed by atoms with van der Waals surface area (Å²) in [5.74, 6) is -0.612. The van der Waals surface area contributed by atoms with Crippen LogP contribution < -0.4 is 5.32 Å². The molecule has 0 bridgehead atoms. The fourth-order valence-corrected chi connectivity index (χ4v) is 0.953. The molecule has 0 saturated carbocycles. The predicted molar refractivity (Wildman–Crippen MR) is 46.6 cm³/mol. The van der Waals surface area contributed by atoms with Gasteiger partial charge in [0, 0.05) is 17.3 Å². The largest absolute Gasteiger partial charge is 0.463 e. The second-order valence-electron chi connectivity index (χ2n) is 2.63. The molecule has 1 heterocycles. The first-order valence-corrected chi connectivity index (χ1v) is 4.01. The zero-order valence-corrected chi connectivity index (χ0v) is 7.59. The van der Waals surface area contributed by atoms with Gasteiger partial charge in [0.25, 0.3) is 5.91 Å². The van der Waals surface area contributed by atoms with E-state index in [1.807, 2.05) is 0 Å². The van der Waals surface area contributed by atoms with Crippen LogP contribution in [0.5, 0.6) is 0 Å². The Morgan fingerprint density at radius 1 is 1.69 bits per heavy atom. The number of allylic oxidation sites excluding steroid dienone is 1. The second kappa shape index (κ2) is 3.89. The number of carbonyl (C=O) groups excluding carboxylic acids is 2. The van der Waals surface area contributed by atoms with Gasteiger partial charge in [-0.05, 0) is 19.9 Å². The molecule has 0 aromatic rings. The van der Waals surface area contributed by atoms with Gasteiger partial charge in [0.2, 0.25) is 0 Å². The third-order valence-corrected chi connectivity index (χ3v) is 1.55. The summed E-state index contributed by atoms with van der Waals surface area (Å²) < 4.78 is 4.68. The number of amides is 1. The molecule has 0 aromatic heterocycles. The minimum absolute atomic E-state index is 0.171. The van der Waals surface area contributed by atoms with Crippen molar-refractivity contribution in [1.29, 1.82) is 0 Å². The number of ether oxygens (including phenoxy) is 1. The number of rotatable bonds is 2.